The summed E-state index contributed by atoms with van der Waals surface area (Å²) in [4.78, 5) is 16.6. The molecule has 3 aromatic rings. The summed E-state index contributed by atoms with van der Waals surface area (Å²) in [6, 6.07) is 15.7. The minimum atomic E-state index is -0.124. The Kier molecular flexibility index (Phi) is 9.18. The molecule has 2 aromatic carbocycles. The summed E-state index contributed by atoms with van der Waals surface area (Å²) in [6.07, 6.45) is 0.866. The van der Waals surface area contributed by atoms with E-state index in [1.807, 2.05) is 24.3 Å². The van der Waals surface area contributed by atoms with Gasteiger partial charge in [-0.25, -0.2) is 0 Å². The molecule has 0 spiro atoms. The smallest absolute Gasteiger partial charge is 0.238 e. The molecule has 8 heteroatoms. The summed E-state index contributed by atoms with van der Waals surface area (Å²) in [5.41, 5.74) is 1.69. The maximum Gasteiger partial charge on any atom is 0.238 e. The molecule has 0 aliphatic rings. The van der Waals surface area contributed by atoms with Crippen molar-refractivity contribution in [2.75, 3.05) is 40.3 Å². The molecular formula is C26H32N2O5S. The number of nitrogens with one attached hydrogen (secondary N) is 1. The lowest BCUT2D eigenvalue weighted by atomic mass is 10.1. The Labute approximate surface area is 205 Å². The second-order valence-electron chi connectivity index (χ2n) is 7.85. The van der Waals surface area contributed by atoms with E-state index in [0.717, 1.165) is 17.7 Å². The maximum absolute atomic E-state index is 13.1. The summed E-state index contributed by atoms with van der Waals surface area (Å²) >= 11 is 1.73. The lowest BCUT2D eigenvalue weighted by Gasteiger charge is -2.28. The zero-order valence-electron chi connectivity index (χ0n) is 20.3. The molecule has 0 aliphatic heterocycles. The van der Waals surface area contributed by atoms with E-state index in [1.165, 1.54) is 4.88 Å². The molecule has 1 atom stereocenters. The first kappa shape index (κ1) is 25.4. The van der Waals surface area contributed by atoms with Gasteiger partial charge in [-0.3, -0.25) is 9.69 Å². The SMILES string of the molecule is COc1ccc(CN(CC(=O)Nc2cc(OC)c(OC)c(OC)c2)C(C)Cc2cccs2)cc1. The van der Waals surface area contributed by atoms with Crippen molar-refractivity contribution in [1.29, 1.82) is 0 Å². The number of rotatable bonds is 12. The zero-order chi connectivity index (χ0) is 24.5. The number of carbonyl (C=O) groups excluding carboxylic acids is 1. The van der Waals surface area contributed by atoms with Crippen LogP contribution in [0.5, 0.6) is 23.0 Å². The van der Waals surface area contributed by atoms with Crippen LogP contribution in [-0.4, -0.2) is 51.8 Å². The van der Waals surface area contributed by atoms with Gasteiger partial charge in [0.2, 0.25) is 11.7 Å². The molecule has 0 saturated carbocycles. The average Bonchev–Trinajstić information content (AvgIpc) is 3.36. The standard InChI is InChI=1S/C26H32N2O5S/c1-18(13-22-7-6-12-34-22)28(16-19-8-10-21(30-2)11-9-19)17-25(29)27-20-14-23(31-3)26(33-5)24(15-20)32-4/h6-12,14-15,18H,13,16-17H2,1-5H3,(H,27,29). The van der Waals surface area contributed by atoms with E-state index in [0.29, 0.717) is 29.5 Å². The van der Waals surface area contributed by atoms with Crippen LogP contribution in [0.2, 0.25) is 0 Å². The number of hydrogen-bond donors (Lipinski definition) is 1. The van der Waals surface area contributed by atoms with E-state index >= 15 is 0 Å². The fourth-order valence-corrected chi connectivity index (χ4v) is 4.55. The fraction of sp³-hybridized carbons (Fsp3) is 0.346. The van der Waals surface area contributed by atoms with E-state index in [2.05, 4.69) is 34.7 Å². The van der Waals surface area contributed by atoms with Crippen molar-refractivity contribution in [3.63, 3.8) is 0 Å². The van der Waals surface area contributed by atoms with E-state index in [4.69, 9.17) is 18.9 Å². The van der Waals surface area contributed by atoms with Gasteiger partial charge >= 0.3 is 0 Å². The van der Waals surface area contributed by atoms with Gasteiger partial charge in [-0.15, -0.1) is 11.3 Å². The van der Waals surface area contributed by atoms with Crippen molar-refractivity contribution in [3.05, 3.63) is 64.4 Å². The van der Waals surface area contributed by atoms with Gasteiger partial charge in [0, 0.05) is 35.3 Å². The van der Waals surface area contributed by atoms with Crippen LogP contribution in [0.1, 0.15) is 17.4 Å². The summed E-state index contributed by atoms with van der Waals surface area (Å²) in [5, 5.41) is 5.05. The van der Waals surface area contributed by atoms with Gasteiger partial charge in [-0.1, -0.05) is 18.2 Å². The predicted octanol–water partition coefficient (Wildman–Crippen LogP) is 4.85. The summed E-state index contributed by atoms with van der Waals surface area (Å²) in [7, 11) is 6.29. The van der Waals surface area contributed by atoms with Crippen molar-refractivity contribution < 1.29 is 23.7 Å². The summed E-state index contributed by atoms with van der Waals surface area (Å²) in [6.45, 7) is 3.02. The van der Waals surface area contributed by atoms with Gasteiger partial charge in [0.1, 0.15) is 5.75 Å². The Hall–Kier alpha value is -3.23. The van der Waals surface area contributed by atoms with Crippen LogP contribution >= 0.6 is 11.3 Å². The average molecular weight is 485 g/mol. The number of carbonyl (C=O) groups is 1. The molecule has 1 unspecified atom stereocenters. The third kappa shape index (κ3) is 6.65. The lowest BCUT2D eigenvalue weighted by Crippen LogP contribution is -2.40. The molecule has 34 heavy (non-hydrogen) atoms. The van der Waals surface area contributed by atoms with Gasteiger partial charge in [0.05, 0.1) is 35.0 Å². The van der Waals surface area contributed by atoms with E-state index < -0.39 is 0 Å². The molecule has 1 heterocycles. The number of amides is 1. The minimum Gasteiger partial charge on any atom is -0.497 e. The van der Waals surface area contributed by atoms with Crippen molar-refractivity contribution in [2.24, 2.45) is 0 Å². The van der Waals surface area contributed by atoms with Crippen LogP contribution in [0, 0.1) is 0 Å². The van der Waals surface area contributed by atoms with Crippen LogP contribution in [0.25, 0.3) is 0 Å². The highest BCUT2D eigenvalue weighted by Gasteiger charge is 2.20. The summed E-state index contributed by atoms with van der Waals surface area (Å²) < 4.78 is 21.4. The van der Waals surface area contributed by atoms with Crippen LogP contribution in [-0.2, 0) is 17.8 Å². The highest BCUT2D eigenvalue weighted by molar-refractivity contribution is 7.09. The van der Waals surface area contributed by atoms with Crippen LogP contribution in [0.3, 0.4) is 0 Å². The zero-order valence-corrected chi connectivity index (χ0v) is 21.1. The molecule has 0 fully saturated rings. The molecule has 1 aromatic heterocycles. The highest BCUT2D eigenvalue weighted by atomic mass is 32.1. The number of hydrogen-bond acceptors (Lipinski definition) is 7. The molecule has 1 amide bonds. The van der Waals surface area contributed by atoms with Gasteiger partial charge < -0.3 is 24.3 Å². The Balaban J connectivity index is 1.77. The number of methoxy groups -OCH3 is 4. The van der Waals surface area contributed by atoms with Crippen LogP contribution in [0.15, 0.2) is 53.9 Å². The van der Waals surface area contributed by atoms with Gasteiger partial charge in [0.15, 0.2) is 11.5 Å². The summed E-state index contributed by atoms with van der Waals surface area (Å²) in [5.74, 6) is 2.13. The van der Waals surface area contributed by atoms with Crippen LogP contribution in [0.4, 0.5) is 5.69 Å². The van der Waals surface area contributed by atoms with Crippen molar-refractivity contribution in [3.8, 4) is 23.0 Å². The normalized spacial score (nSPS) is 11.7. The number of thiophene rings is 1. The second-order valence-corrected chi connectivity index (χ2v) is 8.88. The first-order valence-corrected chi connectivity index (χ1v) is 11.8. The number of benzene rings is 2. The molecule has 7 nitrogen and oxygen atoms in total. The Morgan fingerprint density at radius 2 is 1.65 bits per heavy atom. The van der Waals surface area contributed by atoms with E-state index in [1.54, 1.807) is 51.9 Å². The second kappa shape index (κ2) is 12.3. The molecule has 1 N–H and O–H groups in total. The molecule has 0 aliphatic carbocycles. The Morgan fingerprint density at radius 1 is 0.971 bits per heavy atom. The van der Waals surface area contributed by atoms with E-state index in [9.17, 15) is 4.79 Å². The Bertz CT molecular complexity index is 1030. The molecule has 0 radical (unpaired) electrons. The topological polar surface area (TPSA) is 69.3 Å². The maximum atomic E-state index is 13.1. The monoisotopic (exact) mass is 484 g/mol. The van der Waals surface area contributed by atoms with Crippen molar-refractivity contribution >= 4 is 22.9 Å². The quantitative estimate of drug-likeness (QED) is 0.396. The highest BCUT2D eigenvalue weighted by Crippen LogP contribution is 2.39. The van der Waals surface area contributed by atoms with E-state index in [-0.39, 0.29) is 18.5 Å². The van der Waals surface area contributed by atoms with Crippen molar-refractivity contribution in [1.82, 2.24) is 4.90 Å². The van der Waals surface area contributed by atoms with Crippen molar-refractivity contribution in [2.45, 2.75) is 25.9 Å². The number of nitrogens with zero attached hydrogens (tertiary/aromatic N) is 1. The molecular weight excluding hydrogens is 452 g/mol. The van der Waals surface area contributed by atoms with Gasteiger partial charge in [-0.05, 0) is 42.5 Å². The first-order valence-electron chi connectivity index (χ1n) is 11.0. The largest absolute Gasteiger partial charge is 0.497 e. The van der Waals surface area contributed by atoms with Gasteiger partial charge in [-0.2, -0.15) is 0 Å². The van der Waals surface area contributed by atoms with Crippen LogP contribution < -0.4 is 24.3 Å². The molecule has 0 saturated heterocycles. The van der Waals surface area contributed by atoms with Gasteiger partial charge in [0.25, 0.3) is 0 Å². The number of anilines is 1. The first-order chi connectivity index (χ1) is 16.5. The predicted molar refractivity (Wildman–Crippen MR) is 136 cm³/mol. The fourth-order valence-electron chi connectivity index (χ4n) is 3.72. The third-order valence-electron chi connectivity index (χ3n) is 5.54. The Morgan fingerprint density at radius 3 is 2.18 bits per heavy atom. The number of ether oxygens (including phenoxy) is 4. The molecule has 0 bridgehead atoms. The third-order valence-corrected chi connectivity index (χ3v) is 6.44. The molecule has 182 valence electrons. The minimum absolute atomic E-state index is 0.124. The lowest BCUT2D eigenvalue weighted by molar-refractivity contribution is -0.118. The molecule has 3 rings (SSSR count).